The lowest BCUT2D eigenvalue weighted by molar-refractivity contribution is -0.385. The molecule has 0 aliphatic heterocycles. The van der Waals surface area contributed by atoms with Gasteiger partial charge in [-0.15, -0.1) is 0 Å². The molecule has 2 aromatic rings. The maximum Gasteiger partial charge on any atom is 0.283 e. The van der Waals surface area contributed by atoms with Gasteiger partial charge in [-0.25, -0.2) is 4.98 Å². The molecule has 0 radical (unpaired) electrons. The number of pyridine rings is 1. The first-order valence-electron chi connectivity index (χ1n) is 5.24. The summed E-state index contributed by atoms with van der Waals surface area (Å²) in [6.07, 6.45) is 1.55. The minimum absolute atomic E-state index is 0.00150. The van der Waals surface area contributed by atoms with Crippen molar-refractivity contribution in [2.45, 2.75) is 6.61 Å². The summed E-state index contributed by atoms with van der Waals surface area (Å²) in [4.78, 5) is 14.2. The smallest absolute Gasteiger partial charge is 0.283 e. The van der Waals surface area contributed by atoms with Crippen molar-refractivity contribution in [1.82, 2.24) is 4.98 Å². The van der Waals surface area contributed by atoms with Crippen molar-refractivity contribution in [3.05, 3.63) is 61.8 Å². The molecule has 0 bridgehead atoms. The number of nitro benzene ring substituents is 1. The maximum atomic E-state index is 10.8. The Morgan fingerprint density at radius 3 is 2.84 bits per heavy atom. The third-order valence-corrected chi connectivity index (χ3v) is 3.56. The molecule has 1 aromatic heterocycles. The van der Waals surface area contributed by atoms with Crippen LogP contribution in [0.15, 0.2) is 41.0 Å². The molecule has 1 aromatic carbocycles. The van der Waals surface area contributed by atoms with E-state index in [1.54, 1.807) is 30.5 Å². The van der Waals surface area contributed by atoms with Gasteiger partial charge in [0.05, 0.1) is 4.92 Å². The standard InChI is InChI=1S/C12H8BrClN2O3/c13-11-8(3-1-4-9(11)16(17)18)7-19-10-5-2-6-15-12(10)14/h1-6H,7H2. The van der Waals surface area contributed by atoms with Crippen LogP contribution in [0.4, 0.5) is 5.69 Å². The first-order chi connectivity index (χ1) is 9.09. The summed E-state index contributed by atoms with van der Waals surface area (Å²) in [6.45, 7) is 0.160. The quantitative estimate of drug-likeness (QED) is 0.478. The van der Waals surface area contributed by atoms with Crippen LogP contribution in [0, 0.1) is 10.1 Å². The zero-order chi connectivity index (χ0) is 13.8. The van der Waals surface area contributed by atoms with E-state index >= 15 is 0 Å². The van der Waals surface area contributed by atoms with E-state index in [-0.39, 0.29) is 17.4 Å². The monoisotopic (exact) mass is 342 g/mol. The summed E-state index contributed by atoms with van der Waals surface area (Å²) in [7, 11) is 0. The van der Waals surface area contributed by atoms with Crippen LogP contribution in [0.5, 0.6) is 5.75 Å². The van der Waals surface area contributed by atoms with Crippen LogP contribution in [-0.2, 0) is 6.61 Å². The highest BCUT2D eigenvalue weighted by molar-refractivity contribution is 9.10. The van der Waals surface area contributed by atoms with Gasteiger partial charge in [0, 0.05) is 17.8 Å². The fraction of sp³-hybridized carbons (Fsp3) is 0.0833. The van der Waals surface area contributed by atoms with Crippen molar-refractivity contribution in [1.29, 1.82) is 0 Å². The minimum Gasteiger partial charge on any atom is -0.486 e. The van der Waals surface area contributed by atoms with Gasteiger partial charge in [-0.1, -0.05) is 23.7 Å². The first kappa shape index (κ1) is 13.8. The molecule has 5 nitrogen and oxygen atoms in total. The topological polar surface area (TPSA) is 65.3 Å². The van der Waals surface area contributed by atoms with Crippen molar-refractivity contribution >= 4 is 33.2 Å². The molecule has 2 rings (SSSR count). The second-order valence-electron chi connectivity index (χ2n) is 3.59. The Balaban J connectivity index is 2.19. The van der Waals surface area contributed by atoms with Crippen LogP contribution in [0.25, 0.3) is 0 Å². The van der Waals surface area contributed by atoms with Crippen LogP contribution in [-0.4, -0.2) is 9.91 Å². The molecule has 0 saturated carbocycles. The van der Waals surface area contributed by atoms with Crippen LogP contribution in [0.3, 0.4) is 0 Å². The fourth-order valence-corrected chi connectivity index (χ4v) is 2.15. The molecule has 0 amide bonds. The summed E-state index contributed by atoms with van der Waals surface area (Å²) in [5, 5.41) is 11.1. The molecule has 19 heavy (non-hydrogen) atoms. The van der Waals surface area contributed by atoms with Gasteiger partial charge in [-0.2, -0.15) is 0 Å². The van der Waals surface area contributed by atoms with Crippen molar-refractivity contribution in [3.8, 4) is 5.75 Å². The van der Waals surface area contributed by atoms with Gasteiger partial charge in [-0.3, -0.25) is 10.1 Å². The average molecular weight is 344 g/mol. The number of nitrogens with zero attached hydrogens (tertiary/aromatic N) is 2. The van der Waals surface area contributed by atoms with E-state index in [2.05, 4.69) is 20.9 Å². The Morgan fingerprint density at radius 1 is 1.37 bits per heavy atom. The number of ether oxygens (including phenoxy) is 1. The Labute approximate surface area is 122 Å². The van der Waals surface area contributed by atoms with Crippen LogP contribution in [0.2, 0.25) is 5.15 Å². The normalized spacial score (nSPS) is 10.2. The minimum atomic E-state index is -0.454. The van der Waals surface area contributed by atoms with Crippen LogP contribution >= 0.6 is 27.5 Å². The zero-order valence-corrected chi connectivity index (χ0v) is 11.9. The molecule has 0 aliphatic carbocycles. The van der Waals surface area contributed by atoms with Gasteiger partial charge in [0.1, 0.15) is 11.1 Å². The van der Waals surface area contributed by atoms with E-state index in [0.29, 0.717) is 15.8 Å². The number of aromatic nitrogens is 1. The molecule has 0 saturated heterocycles. The molecule has 98 valence electrons. The molecule has 7 heteroatoms. The van der Waals surface area contributed by atoms with Gasteiger partial charge in [0.2, 0.25) is 0 Å². The van der Waals surface area contributed by atoms with E-state index in [0.717, 1.165) is 0 Å². The highest BCUT2D eigenvalue weighted by atomic mass is 79.9. The summed E-state index contributed by atoms with van der Waals surface area (Å²) in [6, 6.07) is 8.14. The summed E-state index contributed by atoms with van der Waals surface area (Å²) < 4.78 is 5.89. The highest BCUT2D eigenvalue weighted by Gasteiger charge is 2.15. The molecule has 0 spiro atoms. The van der Waals surface area contributed by atoms with Crippen molar-refractivity contribution < 1.29 is 9.66 Å². The first-order valence-corrected chi connectivity index (χ1v) is 6.42. The second-order valence-corrected chi connectivity index (χ2v) is 4.74. The Bertz CT molecular complexity index is 622. The fourth-order valence-electron chi connectivity index (χ4n) is 1.45. The van der Waals surface area contributed by atoms with Gasteiger partial charge in [0.15, 0.2) is 10.9 Å². The molecule has 1 heterocycles. The molecule has 0 atom stereocenters. The number of benzene rings is 1. The third kappa shape index (κ3) is 3.21. The number of nitro groups is 1. The number of halogens is 2. The largest absolute Gasteiger partial charge is 0.486 e. The lowest BCUT2D eigenvalue weighted by Crippen LogP contribution is -1.99. The lowest BCUT2D eigenvalue weighted by Gasteiger charge is -2.08. The van der Waals surface area contributed by atoms with E-state index < -0.39 is 4.92 Å². The van der Waals surface area contributed by atoms with Crippen molar-refractivity contribution in [2.75, 3.05) is 0 Å². The van der Waals surface area contributed by atoms with E-state index in [9.17, 15) is 10.1 Å². The highest BCUT2D eigenvalue weighted by Crippen LogP contribution is 2.29. The SMILES string of the molecule is O=[N+]([O-])c1cccc(COc2cccnc2Cl)c1Br. The van der Waals surface area contributed by atoms with Crippen molar-refractivity contribution in [2.24, 2.45) is 0 Å². The molecule has 0 unspecified atom stereocenters. The van der Waals surface area contributed by atoms with Crippen LogP contribution in [0.1, 0.15) is 5.56 Å². The molecule has 0 N–H and O–H groups in total. The molecule has 0 fully saturated rings. The van der Waals surface area contributed by atoms with Crippen LogP contribution < -0.4 is 4.74 Å². The van der Waals surface area contributed by atoms with Gasteiger partial charge >= 0.3 is 0 Å². The van der Waals surface area contributed by atoms with E-state index in [1.807, 2.05) is 0 Å². The third-order valence-electron chi connectivity index (χ3n) is 2.36. The maximum absolute atomic E-state index is 10.8. The zero-order valence-electron chi connectivity index (χ0n) is 9.55. The Kier molecular flexibility index (Phi) is 4.34. The predicted molar refractivity (Wildman–Crippen MR) is 74.4 cm³/mol. The molecular formula is C12H8BrClN2O3. The van der Waals surface area contributed by atoms with E-state index in [4.69, 9.17) is 16.3 Å². The van der Waals surface area contributed by atoms with E-state index in [1.165, 1.54) is 6.07 Å². The molecular weight excluding hydrogens is 336 g/mol. The number of hydrogen-bond donors (Lipinski definition) is 0. The summed E-state index contributed by atoms with van der Waals surface area (Å²) in [5.74, 6) is 0.433. The second kappa shape index (κ2) is 5.99. The van der Waals surface area contributed by atoms with Crippen molar-refractivity contribution in [3.63, 3.8) is 0 Å². The summed E-state index contributed by atoms with van der Waals surface area (Å²) in [5.41, 5.74) is 0.660. The van der Waals surface area contributed by atoms with Gasteiger partial charge in [0.25, 0.3) is 5.69 Å². The number of rotatable bonds is 4. The number of hydrogen-bond acceptors (Lipinski definition) is 4. The Morgan fingerprint density at radius 2 is 2.16 bits per heavy atom. The lowest BCUT2D eigenvalue weighted by atomic mass is 10.2. The molecule has 0 aliphatic rings. The average Bonchev–Trinajstić information content (AvgIpc) is 2.39. The van der Waals surface area contributed by atoms with Gasteiger partial charge in [-0.05, 0) is 28.1 Å². The summed E-state index contributed by atoms with van der Waals surface area (Å²) >= 11 is 9.06. The van der Waals surface area contributed by atoms with Gasteiger partial charge < -0.3 is 4.74 Å². The Hall–Kier alpha value is -1.66. The predicted octanol–water partition coefficient (Wildman–Crippen LogP) is 3.98.